The molecule has 5 N–H and O–H groups in total. The van der Waals surface area contributed by atoms with Gasteiger partial charge in [0.25, 0.3) is 0 Å². The highest BCUT2D eigenvalue weighted by atomic mass is 16.2. The van der Waals surface area contributed by atoms with E-state index in [1.165, 1.54) is 0 Å². The average Bonchev–Trinajstić information content (AvgIpc) is 2.48. The molecule has 0 bridgehead atoms. The number of nitrogens with one attached hydrogen (secondary N) is 1. The molecule has 0 unspecified atom stereocenters. The second-order valence-corrected chi connectivity index (χ2v) is 5.45. The van der Waals surface area contributed by atoms with E-state index >= 15 is 0 Å². The van der Waals surface area contributed by atoms with Crippen LogP contribution in [0.5, 0.6) is 0 Å². The first-order valence-corrected chi connectivity index (χ1v) is 7.49. The third kappa shape index (κ3) is 7.39. The lowest BCUT2D eigenvalue weighted by Gasteiger charge is -2.19. The highest BCUT2D eigenvalue weighted by Crippen LogP contribution is 2.10. The molecule has 0 aliphatic rings. The molecule has 1 rings (SSSR count). The average molecular weight is 334 g/mol. The molecular weight excluding hydrogens is 312 g/mol. The topological polar surface area (TPSA) is 136 Å². The van der Waals surface area contributed by atoms with Crippen molar-refractivity contribution in [2.24, 2.45) is 11.5 Å². The molecule has 8 nitrogen and oxygen atoms in total. The van der Waals surface area contributed by atoms with Crippen LogP contribution in [0.1, 0.15) is 24.8 Å². The Balaban J connectivity index is 2.41. The van der Waals surface area contributed by atoms with Crippen LogP contribution in [-0.2, 0) is 19.2 Å². The molecule has 0 aliphatic carbocycles. The number of anilines is 1. The van der Waals surface area contributed by atoms with Crippen LogP contribution in [0.4, 0.5) is 5.69 Å². The number of nitrogens with two attached hydrogens (primary N) is 2. The van der Waals surface area contributed by atoms with Crippen LogP contribution in [0.15, 0.2) is 24.3 Å². The summed E-state index contributed by atoms with van der Waals surface area (Å²) in [6.07, 6.45) is 0.438. The van der Waals surface area contributed by atoms with Gasteiger partial charge in [-0.2, -0.15) is 0 Å². The van der Waals surface area contributed by atoms with E-state index in [4.69, 9.17) is 11.5 Å². The summed E-state index contributed by atoms with van der Waals surface area (Å²) >= 11 is 0. The number of benzene rings is 1. The maximum atomic E-state index is 12.0. The number of amides is 4. The first-order valence-electron chi connectivity index (χ1n) is 7.49. The van der Waals surface area contributed by atoms with Crippen molar-refractivity contribution in [1.29, 1.82) is 0 Å². The standard InChI is InChI=1S/C16H22N4O4/c1-11-5-7-12(8-6-11)19-15(23)3-2-4-16(24)20(9-13(17)21)10-14(18)22/h5-8H,2-4,9-10H2,1H3,(H2,17,21)(H2,18,22)(H,19,23). The van der Waals surface area contributed by atoms with E-state index in [-0.39, 0.29) is 38.3 Å². The summed E-state index contributed by atoms with van der Waals surface area (Å²) in [6, 6.07) is 7.34. The number of hydrogen-bond donors (Lipinski definition) is 3. The van der Waals surface area contributed by atoms with Gasteiger partial charge in [0.05, 0.1) is 13.1 Å². The molecule has 8 heteroatoms. The zero-order chi connectivity index (χ0) is 18.1. The third-order valence-corrected chi connectivity index (χ3v) is 3.18. The lowest BCUT2D eigenvalue weighted by molar-refractivity contribution is -0.138. The van der Waals surface area contributed by atoms with Crippen LogP contribution in [-0.4, -0.2) is 41.6 Å². The van der Waals surface area contributed by atoms with Crippen LogP contribution in [0.25, 0.3) is 0 Å². The zero-order valence-corrected chi connectivity index (χ0v) is 13.6. The largest absolute Gasteiger partial charge is 0.368 e. The Kier molecular flexibility index (Phi) is 7.41. The summed E-state index contributed by atoms with van der Waals surface area (Å²) in [5.74, 6) is -2.14. The Morgan fingerprint density at radius 3 is 2.00 bits per heavy atom. The van der Waals surface area contributed by atoms with Crippen molar-refractivity contribution in [1.82, 2.24) is 4.90 Å². The van der Waals surface area contributed by atoms with E-state index in [0.717, 1.165) is 10.5 Å². The first-order chi connectivity index (χ1) is 11.3. The summed E-state index contributed by atoms with van der Waals surface area (Å²) in [5, 5.41) is 2.72. The second-order valence-electron chi connectivity index (χ2n) is 5.45. The van der Waals surface area contributed by atoms with Gasteiger partial charge in [-0.25, -0.2) is 0 Å². The second kappa shape index (κ2) is 9.29. The number of nitrogens with zero attached hydrogens (tertiary/aromatic N) is 1. The smallest absolute Gasteiger partial charge is 0.237 e. The van der Waals surface area contributed by atoms with E-state index in [2.05, 4.69) is 5.32 Å². The molecule has 24 heavy (non-hydrogen) atoms. The molecule has 0 radical (unpaired) electrons. The molecule has 1 aromatic rings. The quantitative estimate of drug-likeness (QED) is 0.581. The summed E-state index contributed by atoms with van der Waals surface area (Å²) in [5.41, 5.74) is 11.8. The molecule has 0 aromatic heterocycles. The van der Waals surface area contributed by atoms with Crippen molar-refractivity contribution < 1.29 is 19.2 Å². The minimum absolute atomic E-state index is 0.0158. The summed E-state index contributed by atoms with van der Waals surface area (Å²) in [4.78, 5) is 46.6. The number of primary amides is 2. The van der Waals surface area contributed by atoms with E-state index in [0.29, 0.717) is 5.69 Å². The van der Waals surface area contributed by atoms with E-state index in [1.54, 1.807) is 12.1 Å². The maximum Gasteiger partial charge on any atom is 0.237 e. The van der Waals surface area contributed by atoms with Crippen LogP contribution >= 0.6 is 0 Å². The molecule has 0 aliphatic heterocycles. The normalized spacial score (nSPS) is 10.0. The molecule has 0 heterocycles. The van der Waals surface area contributed by atoms with Gasteiger partial charge in [-0.15, -0.1) is 0 Å². The van der Waals surface area contributed by atoms with E-state index in [1.807, 2.05) is 19.1 Å². The lowest BCUT2D eigenvalue weighted by atomic mass is 10.2. The Morgan fingerprint density at radius 2 is 1.50 bits per heavy atom. The van der Waals surface area contributed by atoms with Gasteiger partial charge in [-0.1, -0.05) is 17.7 Å². The molecule has 0 fully saturated rings. The van der Waals surface area contributed by atoms with Gasteiger partial charge in [0.2, 0.25) is 23.6 Å². The summed E-state index contributed by atoms with van der Waals surface area (Å²) in [7, 11) is 0. The van der Waals surface area contributed by atoms with Gasteiger partial charge in [0.1, 0.15) is 0 Å². The number of carbonyl (C=O) groups is 4. The number of carbonyl (C=O) groups excluding carboxylic acids is 4. The molecule has 4 amide bonds. The molecule has 130 valence electrons. The molecule has 0 saturated carbocycles. The van der Waals surface area contributed by atoms with Crippen LogP contribution in [0.2, 0.25) is 0 Å². The molecule has 0 spiro atoms. The van der Waals surface area contributed by atoms with Crippen molar-refractivity contribution in [3.63, 3.8) is 0 Å². The molecule has 1 aromatic carbocycles. The fraction of sp³-hybridized carbons (Fsp3) is 0.375. The molecule has 0 atom stereocenters. The van der Waals surface area contributed by atoms with Crippen molar-refractivity contribution in [3.05, 3.63) is 29.8 Å². The number of aryl methyl sites for hydroxylation is 1. The highest BCUT2D eigenvalue weighted by molar-refractivity contribution is 5.91. The van der Waals surface area contributed by atoms with Gasteiger partial charge in [0.15, 0.2) is 0 Å². The minimum atomic E-state index is -0.735. The lowest BCUT2D eigenvalue weighted by Crippen LogP contribution is -2.43. The fourth-order valence-electron chi connectivity index (χ4n) is 2.03. The Hall–Kier alpha value is -2.90. The summed E-state index contributed by atoms with van der Waals surface area (Å²) in [6.45, 7) is 1.19. The van der Waals surface area contributed by atoms with Gasteiger partial charge in [-0.3, -0.25) is 19.2 Å². The fourth-order valence-corrected chi connectivity index (χ4v) is 2.03. The van der Waals surface area contributed by atoms with Gasteiger partial charge in [-0.05, 0) is 25.5 Å². The van der Waals surface area contributed by atoms with Crippen molar-refractivity contribution in [2.45, 2.75) is 26.2 Å². The van der Waals surface area contributed by atoms with Crippen LogP contribution in [0.3, 0.4) is 0 Å². The predicted octanol–water partition coefficient (Wildman–Crippen LogP) is -0.0970. The third-order valence-electron chi connectivity index (χ3n) is 3.18. The monoisotopic (exact) mass is 334 g/mol. The molecule has 0 saturated heterocycles. The minimum Gasteiger partial charge on any atom is -0.368 e. The number of rotatable bonds is 9. The first kappa shape index (κ1) is 19.1. The van der Waals surface area contributed by atoms with Gasteiger partial charge < -0.3 is 21.7 Å². The van der Waals surface area contributed by atoms with Crippen LogP contribution in [0, 0.1) is 6.92 Å². The van der Waals surface area contributed by atoms with Crippen molar-refractivity contribution in [2.75, 3.05) is 18.4 Å². The Morgan fingerprint density at radius 1 is 0.958 bits per heavy atom. The zero-order valence-electron chi connectivity index (χ0n) is 13.6. The SMILES string of the molecule is Cc1ccc(NC(=O)CCCC(=O)N(CC(N)=O)CC(N)=O)cc1. The van der Waals surface area contributed by atoms with Gasteiger partial charge in [0, 0.05) is 18.5 Å². The number of hydrogen-bond acceptors (Lipinski definition) is 4. The maximum absolute atomic E-state index is 12.0. The van der Waals surface area contributed by atoms with Crippen molar-refractivity contribution in [3.8, 4) is 0 Å². The highest BCUT2D eigenvalue weighted by Gasteiger charge is 2.18. The summed E-state index contributed by atoms with van der Waals surface area (Å²) < 4.78 is 0. The van der Waals surface area contributed by atoms with Crippen LogP contribution < -0.4 is 16.8 Å². The predicted molar refractivity (Wildman–Crippen MR) is 88.6 cm³/mol. The van der Waals surface area contributed by atoms with Crippen molar-refractivity contribution >= 4 is 29.3 Å². The molecular formula is C16H22N4O4. The van der Waals surface area contributed by atoms with E-state index in [9.17, 15) is 19.2 Å². The van der Waals surface area contributed by atoms with E-state index < -0.39 is 17.7 Å². The van der Waals surface area contributed by atoms with Gasteiger partial charge >= 0.3 is 0 Å². The Bertz CT molecular complexity index is 597. The Labute approximate surface area is 140 Å².